The quantitative estimate of drug-likeness (QED) is 0.766. The summed E-state index contributed by atoms with van der Waals surface area (Å²) in [4.78, 5) is 12.1. The number of hydrogen-bond acceptors (Lipinski definition) is 3. The van der Waals surface area contributed by atoms with E-state index in [9.17, 15) is 18.0 Å². The molecule has 0 spiro atoms. The molecule has 0 aliphatic carbocycles. The summed E-state index contributed by atoms with van der Waals surface area (Å²) < 4.78 is 47.2. The summed E-state index contributed by atoms with van der Waals surface area (Å²) in [6.07, 6.45) is -0.858. The number of rotatable bonds is 6. The van der Waals surface area contributed by atoms with Gasteiger partial charge in [0.2, 0.25) is 0 Å². The second-order valence-electron chi connectivity index (χ2n) is 4.73. The lowest BCUT2D eigenvalue weighted by Crippen LogP contribution is -2.30. The zero-order valence-electron chi connectivity index (χ0n) is 12.4. The average Bonchev–Trinajstić information content (AvgIpc) is 2.51. The van der Waals surface area contributed by atoms with Crippen molar-refractivity contribution in [3.8, 4) is 11.5 Å². The monoisotopic (exact) mass is 403 g/mol. The van der Waals surface area contributed by atoms with E-state index in [4.69, 9.17) is 4.74 Å². The normalized spacial score (nSPS) is 11.9. The summed E-state index contributed by atoms with van der Waals surface area (Å²) in [5.74, 6) is -0.575. The van der Waals surface area contributed by atoms with Crippen LogP contribution in [0.25, 0.3) is 0 Å². The van der Waals surface area contributed by atoms with Crippen LogP contribution < -0.4 is 14.8 Å². The van der Waals surface area contributed by atoms with E-state index in [-0.39, 0.29) is 5.75 Å². The number of benzene rings is 2. The van der Waals surface area contributed by atoms with E-state index in [0.717, 1.165) is 0 Å². The van der Waals surface area contributed by atoms with E-state index in [2.05, 4.69) is 26.0 Å². The minimum Gasteiger partial charge on any atom is -0.480 e. The van der Waals surface area contributed by atoms with Crippen LogP contribution in [0.4, 0.5) is 18.9 Å². The van der Waals surface area contributed by atoms with Crippen LogP contribution >= 0.6 is 15.9 Å². The molecule has 0 aliphatic heterocycles. The number of nitrogens with one attached hydrogen (secondary N) is 1. The Balaban J connectivity index is 1.96. The molecule has 0 saturated heterocycles. The summed E-state index contributed by atoms with van der Waals surface area (Å²) in [5, 5.41) is 2.58. The zero-order chi connectivity index (χ0) is 17.7. The molecule has 0 saturated carbocycles. The Kier molecular flexibility index (Phi) is 6.08. The first-order valence-electron chi connectivity index (χ1n) is 6.82. The fourth-order valence-electron chi connectivity index (χ4n) is 1.78. The van der Waals surface area contributed by atoms with Crippen molar-refractivity contribution in [3.63, 3.8) is 0 Å². The highest BCUT2D eigenvalue weighted by molar-refractivity contribution is 9.10. The van der Waals surface area contributed by atoms with Crippen molar-refractivity contribution in [2.75, 3.05) is 5.32 Å². The molecule has 1 unspecified atom stereocenters. The lowest BCUT2D eigenvalue weighted by Gasteiger charge is -2.16. The van der Waals surface area contributed by atoms with Crippen LogP contribution in [0.2, 0.25) is 0 Å². The Bertz CT molecular complexity index is 710. The SMILES string of the molecule is CC(Oc1ccc(F)cc1Br)C(=O)Nc1ccc(OC(F)F)cc1. The van der Waals surface area contributed by atoms with Gasteiger partial charge in [0.25, 0.3) is 5.91 Å². The van der Waals surface area contributed by atoms with E-state index >= 15 is 0 Å². The number of carbonyl (C=O) groups excluding carboxylic acids is 1. The molecule has 2 aromatic carbocycles. The van der Waals surface area contributed by atoms with Gasteiger partial charge < -0.3 is 14.8 Å². The second kappa shape index (κ2) is 8.05. The number of amides is 1. The lowest BCUT2D eigenvalue weighted by atomic mass is 10.2. The van der Waals surface area contributed by atoms with Crippen molar-refractivity contribution in [1.29, 1.82) is 0 Å². The minimum absolute atomic E-state index is 0.0115. The Hall–Kier alpha value is -2.22. The molecule has 2 aromatic rings. The highest BCUT2D eigenvalue weighted by Gasteiger charge is 2.16. The van der Waals surface area contributed by atoms with Gasteiger partial charge in [-0.2, -0.15) is 8.78 Å². The third-order valence-corrected chi connectivity index (χ3v) is 3.53. The summed E-state index contributed by atoms with van der Waals surface area (Å²) in [6.45, 7) is -1.38. The number of alkyl halides is 2. The van der Waals surface area contributed by atoms with Gasteiger partial charge in [-0.05, 0) is 65.3 Å². The maximum atomic E-state index is 13.0. The number of hydrogen-bond donors (Lipinski definition) is 1. The van der Waals surface area contributed by atoms with E-state index in [1.165, 1.54) is 49.4 Å². The fourth-order valence-corrected chi connectivity index (χ4v) is 2.22. The lowest BCUT2D eigenvalue weighted by molar-refractivity contribution is -0.122. The molecular formula is C16H13BrF3NO3. The zero-order valence-corrected chi connectivity index (χ0v) is 14.0. The van der Waals surface area contributed by atoms with Gasteiger partial charge in [0, 0.05) is 5.69 Å². The van der Waals surface area contributed by atoms with Crippen molar-refractivity contribution in [1.82, 2.24) is 0 Å². The van der Waals surface area contributed by atoms with E-state index < -0.39 is 24.4 Å². The molecule has 1 atom stereocenters. The highest BCUT2D eigenvalue weighted by atomic mass is 79.9. The predicted octanol–water partition coefficient (Wildman–Crippen LogP) is 4.60. The van der Waals surface area contributed by atoms with Crippen molar-refractivity contribution in [2.24, 2.45) is 0 Å². The van der Waals surface area contributed by atoms with Crippen LogP contribution in [0.1, 0.15) is 6.92 Å². The molecule has 0 aromatic heterocycles. The molecule has 1 amide bonds. The van der Waals surface area contributed by atoms with Crippen LogP contribution in [-0.4, -0.2) is 18.6 Å². The molecule has 0 heterocycles. The molecular weight excluding hydrogens is 391 g/mol. The topological polar surface area (TPSA) is 47.6 Å². The Labute approximate surface area is 144 Å². The smallest absolute Gasteiger partial charge is 0.387 e. The first-order valence-corrected chi connectivity index (χ1v) is 7.62. The summed E-state index contributed by atoms with van der Waals surface area (Å²) in [6, 6.07) is 9.31. The van der Waals surface area contributed by atoms with Crippen molar-refractivity contribution < 1.29 is 27.4 Å². The van der Waals surface area contributed by atoms with Crippen molar-refractivity contribution in [3.05, 3.63) is 52.8 Å². The number of halogens is 4. The Morgan fingerprint density at radius 2 is 1.79 bits per heavy atom. The Morgan fingerprint density at radius 1 is 1.12 bits per heavy atom. The molecule has 8 heteroatoms. The summed E-state index contributed by atoms with van der Waals surface area (Å²) in [7, 11) is 0. The van der Waals surface area contributed by atoms with Gasteiger partial charge in [-0.15, -0.1) is 0 Å². The molecule has 128 valence electrons. The molecule has 0 fully saturated rings. The van der Waals surface area contributed by atoms with Crippen molar-refractivity contribution in [2.45, 2.75) is 19.6 Å². The van der Waals surface area contributed by atoms with Crippen LogP contribution in [0.5, 0.6) is 11.5 Å². The van der Waals surface area contributed by atoms with Crippen LogP contribution in [0, 0.1) is 5.82 Å². The van der Waals surface area contributed by atoms with E-state index in [1.807, 2.05) is 0 Å². The number of anilines is 1. The van der Waals surface area contributed by atoms with Crippen LogP contribution in [0.15, 0.2) is 46.9 Å². The van der Waals surface area contributed by atoms with Crippen molar-refractivity contribution >= 4 is 27.5 Å². The van der Waals surface area contributed by atoms with Gasteiger partial charge in [-0.1, -0.05) is 0 Å². The highest BCUT2D eigenvalue weighted by Crippen LogP contribution is 2.26. The van der Waals surface area contributed by atoms with Gasteiger partial charge in [0.05, 0.1) is 4.47 Å². The molecule has 24 heavy (non-hydrogen) atoms. The van der Waals surface area contributed by atoms with Crippen LogP contribution in [0.3, 0.4) is 0 Å². The summed E-state index contributed by atoms with van der Waals surface area (Å²) in [5.41, 5.74) is 0.398. The maximum absolute atomic E-state index is 13.0. The number of ether oxygens (including phenoxy) is 2. The first-order chi connectivity index (χ1) is 11.3. The third-order valence-electron chi connectivity index (χ3n) is 2.91. The van der Waals surface area contributed by atoms with Crippen LogP contribution in [-0.2, 0) is 4.79 Å². The van der Waals surface area contributed by atoms with Gasteiger partial charge >= 0.3 is 6.61 Å². The number of carbonyl (C=O) groups is 1. The van der Waals surface area contributed by atoms with Gasteiger partial charge in [-0.3, -0.25) is 4.79 Å². The standard InChI is InChI=1S/C16H13BrF3NO3/c1-9(23-14-7-2-10(18)8-13(14)17)15(22)21-11-3-5-12(6-4-11)24-16(19)20/h2-9,16H,1H3,(H,21,22). The van der Waals surface area contributed by atoms with E-state index in [1.54, 1.807) is 0 Å². The minimum atomic E-state index is -2.91. The fraction of sp³-hybridized carbons (Fsp3) is 0.188. The first kappa shape index (κ1) is 18.1. The molecule has 0 radical (unpaired) electrons. The van der Waals surface area contributed by atoms with E-state index in [0.29, 0.717) is 15.9 Å². The molecule has 4 nitrogen and oxygen atoms in total. The van der Waals surface area contributed by atoms with Gasteiger partial charge in [0.1, 0.15) is 17.3 Å². The summed E-state index contributed by atoms with van der Waals surface area (Å²) >= 11 is 3.15. The molecule has 2 rings (SSSR count). The van der Waals surface area contributed by atoms with Gasteiger partial charge in [0.15, 0.2) is 6.10 Å². The average molecular weight is 404 g/mol. The van der Waals surface area contributed by atoms with Gasteiger partial charge in [-0.25, -0.2) is 4.39 Å². The second-order valence-corrected chi connectivity index (χ2v) is 5.58. The molecule has 1 N–H and O–H groups in total. The molecule has 0 aliphatic rings. The maximum Gasteiger partial charge on any atom is 0.387 e. The largest absolute Gasteiger partial charge is 0.480 e. The third kappa shape index (κ3) is 5.16. The molecule has 0 bridgehead atoms. The Morgan fingerprint density at radius 3 is 2.38 bits per heavy atom. The predicted molar refractivity (Wildman–Crippen MR) is 85.9 cm³/mol.